The van der Waals surface area contributed by atoms with Crippen molar-refractivity contribution in [3.63, 3.8) is 0 Å². The van der Waals surface area contributed by atoms with E-state index in [1.165, 1.54) is 30.5 Å². The number of hydrogen-bond acceptors (Lipinski definition) is 8. The lowest BCUT2D eigenvalue weighted by molar-refractivity contribution is -0.274. The number of pyridine rings is 1. The van der Waals surface area contributed by atoms with Gasteiger partial charge in [0.15, 0.2) is 11.9 Å². The van der Waals surface area contributed by atoms with Crippen LogP contribution in [0.4, 0.5) is 13.2 Å². The van der Waals surface area contributed by atoms with Crippen molar-refractivity contribution in [3.05, 3.63) is 48.2 Å². The van der Waals surface area contributed by atoms with E-state index in [0.717, 1.165) is 0 Å². The molecule has 0 saturated carbocycles. The molecular weight excluding hydrogens is 381 g/mol. The van der Waals surface area contributed by atoms with Gasteiger partial charge < -0.3 is 14.3 Å². The van der Waals surface area contributed by atoms with Crippen LogP contribution in [0.5, 0.6) is 11.5 Å². The van der Waals surface area contributed by atoms with Gasteiger partial charge in [-0.25, -0.2) is 10.1 Å². The highest BCUT2D eigenvalue weighted by molar-refractivity contribution is 5.79. The predicted molar refractivity (Wildman–Crippen MR) is 87.0 cm³/mol. The molecule has 144 valence electrons. The molecular formula is C16H11F3N6O3. The Bertz CT molecular complexity index is 959. The number of hydrogen-bond donors (Lipinski definition) is 1. The summed E-state index contributed by atoms with van der Waals surface area (Å²) in [5, 5.41) is 17.2. The van der Waals surface area contributed by atoms with E-state index in [9.17, 15) is 13.2 Å². The fraction of sp³-hybridized carbons (Fsp3) is 0.188. The van der Waals surface area contributed by atoms with Crippen LogP contribution in [0, 0.1) is 0 Å². The van der Waals surface area contributed by atoms with E-state index in [-0.39, 0.29) is 5.75 Å². The minimum absolute atomic E-state index is 0.306. The van der Waals surface area contributed by atoms with Crippen molar-refractivity contribution in [2.24, 2.45) is 5.16 Å². The highest BCUT2D eigenvalue weighted by atomic mass is 19.4. The smallest absolute Gasteiger partial charge is 0.438 e. The molecule has 28 heavy (non-hydrogen) atoms. The van der Waals surface area contributed by atoms with Gasteiger partial charge in [-0.1, -0.05) is 17.3 Å². The molecule has 1 aromatic carbocycles. The zero-order chi connectivity index (χ0) is 19.6. The van der Waals surface area contributed by atoms with Gasteiger partial charge >= 0.3 is 6.36 Å². The van der Waals surface area contributed by atoms with E-state index in [2.05, 4.69) is 35.5 Å². The molecule has 0 radical (unpaired) electrons. The lowest BCUT2D eigenvalue weighted by Crippen LogP contribution is -2.17. The molecule has 0 aliphatic carbocycles. The minimum Gasteiger partial charge on any atom is -0.438 e. The molecule has 1 aliphatic heterocycles. The van der Waals surface area contributed by atoms with Gasteiger partial charge in [0.1, 0.15) is 17.2 Å². The number of benzene rings is 1. The Morgan fingerprint density at radius 3 is 2.50 bits per heavy atom. The Labute approximate surface area is 155 Å². The number of H-pyrrole nitrogens is 1. The van der Waals surface area contributed by atoms with Crippen molar-refractivity contribution in [1.29, 1.82) is 0 Å². The number of nitrogens with zero attached hydrogens (tertiary/aromatic N) is 5. The average molecular weight is 392 g/mol. The summed E-state index contributed by atoms with van der Waals surface area (Å²) in [6, 6.07) is 8.73. The summed E-state index contributed by atoms with van der Waals surface area (Å²) in [7, 11) is 0. The van der Waals surface area contributed by atoms with Crippen molar-refractivity contribution in [3.8, 4) is 23.0 Å². The average Bonchev–Trinajstić information content (AvgIpc) is 3.34. The summed E-state index contributed by atoms with van der Waals surface area (Å²) >= 11 is 0. The predicted octanol–water partition coefficient (Wildman–Crippen LogP) is 3.01. The molecule has 9 nitrogen and oxygen atoms in total. The fourth-order valence-electron chi connectivity index (χ4n) is 2.46. The first-order valence-corrected chi connectivity index (χ1v) is 7.93. The molecule has 3 heterocycles. The van der Waals surface area contributed by atoms with Crippen molar-refractivity contribution in [2.45, 2.75) is 18.9 Å². The van der Waals surface area contributed by atoms with Crippen molar-refractivity contribution in [2.75, 3.05) is 0 Å². The second-order valence-corrected chi connectivity index (χ2v) is 5.63. The van der Waals surface area contributed by atoms with Crippen LogP contribution in [-0.4, -0.2) is 37.9 Å². The summed E-state index contributed by atoms with van der Waals surface area (Å²) in [6.45, 7) is 0. The number of nitrogens with one attached hydrogen (secondary N) is 1. The van der Waals surface area contributed by atoms with Crippen molar-refractivity contribution in [1.82, 2.24) is 25.6 Å². The number of halogens is 3. The molecule has 3 aromatic rings. The molecule has 4 rings (SSSR count). The van der Waals surface area contributed by atoms with E-state index in [4.69, 9.17) is 9.57 Å². The van der Waals surface area contributed by atoms with E-state index in [1.54, 1.807) is 12.1 Å². The molecule has 2 aromatic heterocycles. The third-order valence-electron chi connectivity index (χ3n) is 3.69. The number of tetrazole rings is 1. The summed E-state index contributed by atoms with van der Waals surface area (Å²) in [5.74, 6) is 0.871. The van der Waals surface area contributed by atoms with E-state index in [0.29, 0.717) is 35.1 Å². The van der Waals surface area contributed by atoms with Crippen LogP contribution in [0.2, 0.25) is 0 Å². The highest BCUT2D eigenvalue weighted by Gasteiger charge is 2.31. The lowest BCUT2D eigenvalue weighted by atomic mass is 10.1. The Hall–Kier alpha value is -3.70. The van der Waals surface area contributed by atoms with Crippen molar-refractivity contribution < 1.29 is 27.5 Å². The molecule has 1 aliphatic rings. The quantitative estimate of drug-likeness (QED) is 0.727. The largest absolute Gasteiger partial charge is 0.573 e. The third-order valence-corrected chi connectivity index (χ3v) is 3.69. The Morgan fingerprint density at radius 2 is 1.86 bits per heavy atom. The molecule has 0 unspecified atom stereocenters. The van der Waals surface area contributed by atoms with Gasteiger partial charge in [0.05, 0.1) is 12.6 Å². The summed E-state index contributed by atoms with van der Waals surface area (Å²) in [4.78, 5) is 9.47. The van der Waals surface area contributed by atoms with Crippen molar-refractivity contribution >= 4 is 5.90 Å². The van der Waals surface area contributed by atoms with Crippen LogP contribution in [0.25, 0.3) is 11.5 Å². The second-order valence-electron chi connectivity index (χ2n) is 5.63. The Morgan fingerprint density at radius 1 is 1.07 bits per heavy atom. The normalized spacial score (nSPS) is 16.4. The highest BCUT2D eigenvalue weighted by Crippen LogP contribution is 2.30. The maximum Gasteiger partial charge on any atom is 0.573 e. The van der Waals surface area contributed by atoms with Gasteiger partial charge in [0.25, 0.3) is 0 Å². The molecule has 0 saturated heterocycles. The zero-order valence-electron chi connectivity index (χ0n) is 13.9. The second kappa shape index (κ2) is 7.13. The molecule has 12 heteroatoms. The maximum atomic E-state index is 12.2. The number of aromatic nitrogens is 5. The molecule has 0 bridgehead atoms. The first kappa shape index (κ1) is 17.7. The topological polar surface area (TPSA) is 107 Å². The number of alkyl halides is 3. The van der Waals surface area contributed by atoms with Gasteiger partial charge in [-0.3, -0.25) is 0 Å². The number of oxime groups is 1. The van der Waals surface area contributed by atoms with Crippen LogP contribution in [0.15, 0.2) is 47.8 Å². The van der Waals surface area contributed by atoms with Crippen LogP contribution in [0.1, 0.15) is 18.1 Å². The van der Waals surface area contributed by atoms with Gasteiger partial charge in [0.2, 0.25) is 5.90 Å². The van der Waals surface area contributed by atoms with E-state index in [1.807, 2.05) is 0 Å². The first-order valence-electron chi connectivity index (χ1n) is 7.93. The van der Waals surface area contributed by atoms with Gasteiger partial charge in [-0.2, -0.15) is 0 Å². The molecule has 1 N–H and O–H groups in total. The van der Waals surface area contributed by atoms with Gasteiger partial charge in [-0.15, -0.1) is 18.3 Å². The maximum absolute atomic E-state index is 12.2. The van der Waals surface area contributed by atoms with Crippen LogP contribution < -0.4 is 9.47 Å². The summed E-state index contributed by atoms with van der Waals surface area (Å²) in [5.41, 5.74) is 1.18. The number of rotatable bonds is 4. The Kier molecular flexibility index (Phi) is 4.51. The van der Waals surface area contributed by atoms with Crippen LogP contribution in [-0.2, 0) is 4.84 Å². The Balaban J connectivity index is 1.35. The molecule has 0 fully saturated rings. The zero-order valence-corrected chi connectivity index (χ0v) is 13.9. The standard InChI is InChI=1S/C16H11F3N6O3/c17-16(18,19)27-10-3-1-9(2-4-10)13-7-14(23-28-13)26-11-5-6-12(20-8-11)15-21-24-25-22-15/h1-6,8,13H,7H2,(H,21,22,24,25)/t13-/m0/s1. The number of ether oxygens (including phenoxy) is 2. The van der Waals surface area contributed by atoms with Gasteiger partial charge in [0, 0.05) is 0 Å². The summed E-state index contributed by atoms with van der Waals surface area (Å²) < 4.78 is 46.1. The SMILES string of the molecule is FC(F)(F)Oc1ccc([C@@H]2CC(Oc3ccc(-c4nnn[nH]4)nc3)=NO2)cc1. The fourth-order valence-corrected chi connectivity index (χ4v) is 2.46. The van der Waals surface area contributed by atoms with Crippen LogP contribution >= 0.6 is 0 Å². The first-order chi connectivity index (χ1) is 13.5. The molecule has 0 amide bonds. The monoisotopic (exact) mass is 392 g/mol. The molecule has 1 atom stereocenters. The lowest BCUT2D eigenvalue weighted by Gasteiger charge is -2.11. The van der Waals surface area contributed by atoms with E-state index < -0.39 is 12.5 Å². The van der Waals surface area contributed by atoms with Crippen LogP contribution in [0.3, 0.4) is 0 Å². The summed E-state index contributed by atoms with van der Waals surface area (Å²) in [6.07, 6.45) is -3.41. The third kappa shape index (κ3) is 4.16. The van der Waals surface area contributed by atoms with E-state index >= 15 is 0 Å². The molecule has 0 spiro atoms. The van der Waals surface area contributed by atoms with Gasteiger partial charge in [-0.05, 0) is 40.3 Å². The number of aromatic amines is 1. The minimum atomic E-state index is -4.73.